The van der Waals surface area contributed by atoms with Crippen molar-refractivity contribution < 1.29 is 0 Å². The molecule has 0 heterocycles. The van der Waals surface area contributed by atoms with Gasteiger partial charge in [-0.15, -0.1) is 0 Å². The average Bonchev–Trinajstić information content (AvgIpc) is 2.67. The first-order valence-corrected chi connectivity index (χ1v) is 12.5. The average molecular weight is 405 g/mol. The normalized spacial score (nSPS) is 22.1. The van der Waals surface area contributed by atoms with Crippen LogP contribution in [-0.2, 0) is 0 Å². The lowest BCUT2D eigenvalue weighted by atomic mass is 9.80. The van der Waals surface area contributed by atoms with Crippen LogP contribution in [0.1, 0.15) is 93.9 Å². The zero-order valence-electron chi connectivity index (χ0n) is 21.4. The van der Waals surface area contributed by atoms with Gasteiger partial charge in [0.25, 0.3) is 0 Å². The Bertz CT molecular complexity index is 519. The SMILES string of the molecule is CCCC(C)CCC(C)CCCN(C)CCN(CC)C1=C(C)C=C(C)[C@@H](C)C1C. The number of likely N-dealkylation sites (N-methyl/N-ethyl adjacent to an activating group) is 2. The Kier molecular flexibility index (Phi) is 12.3. The summed E-state index contributed by atoms with van der Waals surface area (Å²) in [4.78, 5) is 5.18. The Labute approximate surface area is 183 Å². The lowest BCUT2D eigenvalue weighted by molar-refractivity contribution is 0.235. The largest absolute Gasteiger partial charge is 0.373 e. The molecule has 0 aromatic carbocycles. The molecule has 0 saturated heterocycles. The maximum Gasteiger partial charge on any atom is 0.0302 e. The van der Waals surface area contributed by atoms with Gasteiger partial charge in [-0.1, -0.05) is 72.0 Å². The molecule has 0 aliphatic heterocycles. The van der Waals surface area contributed by atoms with Crippen molar-refractivity contribution in [3.8, 4) is 0 Å². The summed E-state index contributed by atoms with van der Waals surface area (Å²) < 4.78 is 0. The van der Waals surface area contributed by atoms with Crippen molar-refractivity contribution in [3.05, 3.63) is 22.9 Å². The van der Waals surface area contributed by atoms with E-state index in [1.54, 1.807) is 5.70 Å². The van der Waals surface area contributed by atoms with Crippen LogP contribution in [0.4, 0.5) is 0 Å². The molecule has 1 aliphatic rings. The Balaban J connectivity index is 2.39. The summed E-state index contributed by atoms with van der Waals surface area (Å²) in [5.41, 5.74) is 4.59. The third-order valence-electron chi connectivity index (χ3n) is 7.39. The fourth-order valence-electron chi connectivity index (χ4n) is 4.99. The maximum absolute atomic E-state index is 2.63. The second kappa shape index (κ2) is 13.5. The lowest BCUT2D eigenvalue weighted by Crippen LogP contribution is -2.37. The highest BCUT2D eigenvalue weighted by Gasteiger charge is 2.27. The molecule has 0 saturated carbocycles. The van der Waals surface area contributed by atoms with Crippen LogP contribution in [0.5, 0.6) is 0 Å². The minimum Gasteiger partial charge on any atom is -0.373 e. The zero-order chi connectivity index (χ0) is 22.0. The summed E-state index contributed by atoms with van der Waals surface area (Å²) in [5.74, 6) is 3.07. The van der Waals surface area contributed by atoms with Crippen LogP contribution < -0.4 is 0 Å². The number of hydrogen-bond donors (Lipinski definition) is 0. The van der Waals surface area contributed by atoms with Crippen molar-refractivity contribution in [2.75, 3.05) is 33.2 Å². The molecule has 4 atom stereocenters. The van der Waals surface area contributed by atoms with Gasteiger partial charge in [-0.05, 0) is 70.5 Å². The number of allylic oxidation sites excluding steroid dienone is 4. The van der Waals surface area contributed by atoms with Crippen LogP contribution in [0, 0.1) is 23.7 Å². The van der Waals surface area contributed by atoms with Crippen molar-refractivity contribution in [1.82, 2.24) is 9.80 Å². The highest BCUT2D eigenvalue weighted by molar-refractivity contribution is 5.34. The lowest BCUT2D eigenvalue weighted by Gasteiger charge is -2.38. The quantitative estimate of drug-likeness (QED) is 0.298. The second-order valence-corrected chi connectivity index (χ2v) is 10.1. The molecular formula is C27H52N2. The van der Waals surface area contributed by atoms with E-state index >= 15 is 0 Å². The van der Waals surface area contributed by atoms with Crippen LogP contribution in [0.25, 0.3) is 0 Å². The summed E-state index contributed by atoms with van der Waals surface area (Å²) in [6.45, 7) is 23.5. The molecule has 0 fully saturated rings. The third-order valence-corrected chi connectivity index (χ3v) is 7.39. The van der Waals surface area contributed by atoms with E-state index < -0.39 is 0 Å². The van der Waals surface area contributed by atoms with Gasteiger partial charge >= 0.3 is 0 Å². The Hall–Kier alpha value is -0.760. The molecule has 0 bridgehead atoms. The Morgan fingerprint density at radius 2 is 1.48 bits per heavy atom. The molecule has 29 heavy (non-hydrogen) atoms. The van der Waals surface area contributed by atoms with E-state index in [1.165, 1.54) is 56.2 Å². The number of rotatable bonds is 14. The van der Waals surface area contributed by atoms with Gasteiger partial charge in [0, 0.05) is 31.2 Å². The smallest absolute Gasteiger partial charge is 0.0302 e. The summed E-state index contributed by atoms with van der Waals surface area (Å²) in [5, 5.41) is 0. The second-order valence-electron chi connectivity index (χ2n) is 10.1. The van der Waals surface area contributed by atoms with Gasteiger partial charge in [0.05, 0.1) is 0 Å². The van der Waals surface area contributed by atoms with Crippen LogP contribution in [-0.4, -0.2) is 43.0 Å². The number of hydrogen-bond acceptors (Lipinski definition) is 2. The summed E-state index contributed by atoms with van der Waals surface area (Å²) in [7, 11) is 2.31. The van der Waals surface area contributed by atoms with E-state index in [0.29, 0.717) is 11.8 Å². The first-order chi connectivity index (χ1) is 13.7. The molecule has 0 radical (unpaired) electrons. The standard InChI is InChI=1S/C27H52N2/c1-10-13-21(3)15-16-22(4)14-12-17-28(9)18-19-29(11-2)27-24(6)20-23(5)25(7)26(27)8/h20-22,25-26H,10-19H2,1-9H3/t21?,22?,25-,26?/m1/s1. The first-order valence-electron chi connectivity index (χ1n) is 12.5. The van der Waals surface area contributed by atoms with E-state index in [9.17, 15) is 0 Å². The molecule has 0 aromatic rings. The highest BCUT2D eigenvalue weighted by Crippen LogP contribution is 2.35. The van der Waals surface area contributed by atoms with Gasteiger partial charge in [-0.3, -0.25) is 0 Å². The van der Waals surface area contributed by atoms with Gasteiger partial charge < -0.3 is 9.80 Å². The van der Waals surface area contributed by atoms with Crippen LogP contribution in [0.2, 0.25) is 0 Å². The van der Waals surface area contributed by atoms with E-state index in [-0.39, 0.29) is 0 Å². The van der Waals surface area contributed by atoms with Crippen molar-refractivity contribution in [3.63, 3.8) is 0 Å². The minimum atomic E-state index is 0.626. The van der Waals surface area contributed by atoms with Crippen molar-refractivity contribution >= 4 is 0 Å². The summed E-state index contributed by atoms with van der Waals surface area (Å²) in [6.07, 6.45) is 10.7. The van der Waals surface area contributed by atoms with E-state index in [1.807, 2.05) is 0 Å². The summed E-state index contributed by atoms with van der Waals surface area (Å²) in [6, 6.07) is 0. The molecule has 0 N–H and O–H groups in total. The molecule has 0 aromatic heterocycles. The molecule has 0 amide bonds. The monoisotopic (exact) mass is 404 g/mol. The van der Waals surface area contributed by atoms with Crippen LogP contribution in [0.15, 0.2) is 22.9 Å². The van der Waals surface area contributed by atoms with Crippen molar-refractivity contribution in [2.45, 2.75) is 93.9 Å². The van der Waals surface area contributed by atoms with Crippen molar-refractivity contribution in [1.29, 1.82) is 0 Å². The summed E-state index contributed by atoms with van der Waals surface area (Å²) >= 11 is 0. The van der Waals surface area contributed by atoms with E-state index in [2.05, 4.69) is 78.3 Å². The fraction of sp³-hybridized carbons (Fsp3) is 0.852. The van der Waals surface area contributed by atoms with E-state index in [4.69, 9.17) is 0 Å². The van der Waals surface area contributed by atoms with Gasteiger partial charge in [0.15, 0.2) is 0 Å². The molecule has 1 aliphatic carbocycles. The Morgan fingerprint density at radius 3 is 2.07 bits per heavy atom. The molecule has 0 spiro atoms. The van der Waals surface area contributed by atoms with Crippen molar-refractivity contribution in [2.24, 2.45) is 23.7 Å². The highest BCUT2D eigenvalue weighted by atomic mass is 15.2. The fourth-order valence-corrected chi connectivity index (χ4v) is 4.99. The van der Waals surface area contributed by atoms with Gasteiger partial charge in [-0.25, -0.2) is 0 Å². The zero-order valence-corrected chi connectivity index (χ0v) is 21.4. The van der Waals surface area contributed by atoms with Gasteiger partial charge in [0.2, 0.25) is 0 Å². The predicted octanol–water partition coefficient (Wildman–Crippen LogP) is 7.38. The van der Waals surface area contributed by atoms with Gasteiger partial charge in [-0.2, -0.15) is 0 Å². The van der Waals surface area contributed by atoms with E-state index in [0.717, 1.165) is 31.5 Å². The topological polar surface area (TPSA) is 6.48 Å². The van der Waals surface area contributed by atoms with Crippen LogP contribution in [0.3, 0.4) is 0 Å². The number of nitrogens with zero attached hydrogens (tertiary/aromatic N) is 2. The molecular weight excluding hydrogens is 352 g/mol. The maximum atomic E-state index is 2.63. The first kappa shape index (κ1) is 26.3. The Morgan fingerprint density at radius 1 is 0.862 bits per heavy atom. The van der Waals surface area contributed by atoms with Crippen LogP contribution >= 0.6 is 0 Å². The molecule has 1 rings (SSSR count). The predicted molar refractivity (Wildman–Crippen MR) is 131 cm³/mol. The third kappa shape index (κ3) is 8.87. The molecule has 2 nitrogen and oxygen atoms in total. The minimum absolute atomic E-state index is 0.626. The molecule has 170 valence electrons. The molecule has 2 heteroatoms. The molecule has 3 unspecified atom stereocenters. The van der Waals surface area contributed by atoms with Gasteiger partial charge in [0.1, 0.15) is 0 Å².